The van der Waals surface area contributed by atoms with Gasteiger partial charge < -0.3 is 9.53 Å². The first kappa shape index (κ1) is 11.1. The molecule has 2 fully saturated rings. The van der Waals surface area contributed by atoms with Gasteiger partial charge in [0.15, 0.2) is 0 Å². The van der Waals surface area contributed by atoms with Gasteiger partial charge in [-0.3, -0.25) is 0 Å². The smallest absolute Gasteiger partial charge is 0.126 e. The zero-order chi connectivity index (χ0) is 10.6. The molecule has 0 aromatic heterocycles. The first-order chi connectivity index (χ1) is 7.35. The van der Waals surface area contributed by atoms with Crippen LogP contribution in [0.4, 0.5) is 0 Å². The van der Waals surface area contributed by atoms with E-state index in [9.17, 15) is 4.79 Å². The molecule has 1 aliphatic heterocycles. The average molecular weight is 210 g/mol. The lowest BCUT2D eigenvalue weighted by molar-refractivity contribution is -0.119. The highest BCUT2D eigenvalue weighted by Crippen LogP contribution is 2.39. The Balaban J connectivity index is 1.95. The van der Waals surface area contributed by atoms with Gasteiger partial charge in [0.05, 0.1) is 6.10 Å². The van der Waals surface area contributed by atoms with Crippen molar-refractivity contribution in [3.8, 4) is 0 Å². The summed E-state index contributed by atoms with van der Waals surface area (Å²) in [5.74, 6) is 0. The molecule has 0 amide bonds. The Kier molecular flexibility index (Phi) is 3.79. The van der Waals surface area contributed by atoms with E-state index >= 15 is 0 Å². The van der Waals surface area contributed by atoms with Crippen molar-refractivity contribution in [2.75, 3.05) is 6.61 Å². The third-order valence-electron chi connectivity index (χ3n) is 4.01. The minimum absolute atomic E-state index is 0.0362. The van der Waals surface area contributed by atoms with Gasteiger partial charge in [0.2, 0.25) is 0 Å². The van der Waals surface area contributed by atoms with Gasteiger partial charge in [-0.2, -0.15) is 0 Å². The quantitative estimate of drug-likeness (QED) is 0.528. The van der Waals surface area contributed by atoms with E-state index in [0.717, 1.165) is 32.3 Å². The Labute approximate surface area is 92.4 Å². The molecule has 2 rings (SSSR count). The number of carbonyl (C=O) groups excluding carboxylic acids is 1. The van der Waals surface area contributed by atoms with Crippen molar-refractivity contribution in [3.05, 3.63) is 0 Å². The van der Waals surface area contributed by atoms with Crippen molar-refractivity contribution in [1.29, 1.82) is 0 Å². The number of aldehydes is 1. The molecule has 1 atom stereocenters. The fourth-order valence-electron chi connectivity index (χ4n) is 3.06. The van der Waals surface area contributed by atoms with Crippen molar-refractivity contribution in [3.63, 3.8) is 0 Å². The van der Waals surface area contributed by atoms with Gasteiger partial charge in [0.1, 0.15) is 6.29 Å². The molecular weight excluding hydrogens is 188 g/mol. The number of hydrogen-bond donors (Lipinski definition) is 0. The fourth-order valence-corrected chi connectivity index (χ4v) is 3.06. The van der Waals surface area contributed by atoms with Crippen LogP contribution in [0.1, 0.15) is 57.8 Å². The zero-order valence-electron chi connectivity index (χ0n) is 9.54. The second kappa shape index (κ2) is 5.11. The monoisotopic (exact) mass is 210 g/mol. The van der Waals surface area contributed by atoms with Crippen molar-refractivity contribution in [2.24, 2.45) is 5.41 Å². The van der Waals surface area contributed by atoms with E-state index in [1.807, 2.05) is 0 Å². The van der Waals surface area contributed by atoms with Crippen LogP contribution >= 0.6 is 0 Å². The van der Waals surface area contributed by atoms with E-state index in [1.54, 1.807) is 0 Å². The summed E-state index contributed by atoms with van der Waals surface area (Å²) >= 11 is 0. The van der Waals surface area contributed by atoms with Crippen LogP contribution in [0.15, 0.2) is 0 Å². The Morgan fingerprint density at radius 1 is 1.13 bits per heavy atom. The second-order valence-corrected chi connectivity index (χ2v) is 5.23. The molecule has 0 spiro atoms. The van der Waals surface area contributed by atoms with Gasteiger partial charge in [-0.15, -0.1) is 0 Å². The van der Waals surface area contributed by atoms with E-state index in [0.29, 0.717) is 6.10 Å². The van der Waals surface area contributed by atoms with Crippen LogP contribution in [0.5, 0.6) is 0 Å². The SMILES string of the molecule is O=CC1(CC2CCCO2)CCCCCC1. The first-order valence-corrected chi connectivity index (χ1v) is 6.43. The van der Waals surface area contributed by atoms with Crippen LogP contribution in [-0.2, 0) is 9.53 Å². The zero-order valence-corrected chi connectivity index (χ0v) is 9.54. The molecular formula is C13H22O2. The van der Waals surface area contributed by atoms with E-state index in [1.165, 1.54) is 38.4 Å². The Bertz CT molecular complexity index is 199. The normalized spacial score (nSPS) is 31.1. The molecule has 0 aromatic rings. The predicted molar refractivity (Wildman–Crippen MR) is 59.8 cm³/mol. The molecule has 2 nitrogen and oxygen atoms in total. The standard InChI is InChI=1S/C13H22O2/c14-11-13(7-3-1-2-4-8-13)10-12-6-5-9-15-12/h11-12H,1-10H2. The van der Waals surface area contributed by atoms with Crippen molar-refractivity contribution in [1.82, 2.24) is 0 Å². The van der Waals surface area contributed by atoms with Crippen LogP contribution < -0.4 is 0 Å². The number of ether oxygens (including phenoxy) is 1. The van der Waals surface area contributed by atoms with Gasteiger partial charge in [-0.05, 0) is 32.1 Å². The minimum atomic E-state index is -0.0362. The molecule has 1 heterocycles. The molecule has 1 saturated carbocycles. The van der Waals surface area contributed by atoms with E-state index in [4.69, 9.17) is 4.74 Å². The third-order valence-corrected chi connectivity index (χ3v) is 4.01. The third kappa shape index (κ3) is 2.81. The van der Waals surface area contributed by atoms with Gasteiger partial charge in [0, 0.05) is 12.0 Å². The lowest BCUT2D eigenvalue weighted by Crippen LogP contribution is -2.27. The van der Waals surface area contributed by atoms with E-state index in [-0.39, 0.29) is 5.41 Å². The average Bonchev–Trinajstić information content (AvgIpc) is 2.64. The van der Waals surface area contributed by atoms with Gasteiger partial charge in [-0.1, -0.05) is 25.7 Å². The summed E-state index contributed by atoms with van der Waals surface area (Å²) in [6.07, 6.45) is 12.2. The molecule has 1 aliphatic carbocycles. The van der Waals surface area contributed by atoms with Crippen molar-refractivity contribution >= 4 is 6.29 Å². The Hall–Kier alpha value is -0.370. The summed E-state index contributed by atoms with van der Waals surface area (Å²) in [4.78, 5) is 11.4. The molecule has 2 heteroatoms. The summed E-state index contributed by atoms with van der Waals surface area (Å²) < 4.78 is 5.66. The highest BCUT2D eigenvalue weighted by atomic mass is 16.5. The first-order valence-electron chi connectivity index (χ1n) is 6.43. The number of carbonyl (C=O) groups is 1. The summed E-state index contributed by atoms with van der Waals surface area (Å²) in [7, 11) is 0. The lowest BCUT2D eigenvalue weighted by Gasteiger charge is -2.28. The topological polar surface area (TPSA) is 26.3 Å². The summed E-state index contributed by atoms with van der Waals surface area (Å²) in [6, 6.07) is 0. The molecule has 0 aromatic carbocycles. The maximum Gasteiger partial charge on any atom is 0.126 e. The van der Waals surface area contributed by atoms with E-state index < -0.39 is 0 Å². The van der Waals surface area contributed by atoms with Crippen molar-refractivity contribution in [2.45, 2.75) is 63.9 Å². The summed E-state index contributed by atoms with van der Waals surface area (Å²) in [5.41, 5.74) is -0.0362. The molecule has 86 valence electrons. The van der Waals surface area contributed by atoms with Crippen LogP contribution in [0.3, 0.4) is 0 Å². The molecule has 2 aliphatic rings. The molecule has 0 N–H and O–H groups in total. The second-order valence-electron chi connectivity index (χ2n) is 5.23. The Morgan fingerprint density at radius 3 is 2.40 bits per heavy atom. The molecule has 1 unspecified atom stereocenters. The molecule has 1 saturated heterocycles. The van der Waals surface area contributed by atoms with Crippen LogP contribution in [0.2, 0.25) is 0 Å². The molecule has 15 heavy (non-hydrogen) atoms. The van der Waals surface area contributed by atoms with Gasteiger partial charge >= 0.3 is 0 Å². The maximum atomic E-state index is 11.4. The highest BCUT2D eigenvalue weighted by Gasteiger charge is 2.34. The molecule has 0 bridgehead atoms. The lowest BCUT2D eigenvalue weighted by atomic mass is 9.77. The van der Waals surface area contributed by atoms with E-state index in [2.05, 4.69) is 0 Å². The Morgan fingerprint density at radius 2 is 1.87 bits per heavy atom. The van der Waals surface area contributed by atoms with Gasteiger partial charge in [-0.25, -0.2) is 0 Å². The van der Waals surface area contributed by atoms with Crippen LogP contribution in [-0.4, -0.2) is 19.0 Å². The van der Waals surface area contributed by atoms with Crippen molar-refractivity contribution < 1.29 is 9.53 Å². The summed E-state index contributed by atoms with van der Waals surface area (Å²) in [6.45, 7) is 0.902. The maximum absolute atomic E-state index is 11.4. The number of rotatable bonds is 3. The van der Waals surface area contributed by atoms with Gasteiger partial charge in [0.25, 0.3) is 0 Å². The minimum Gasteiger partial charge on any atom is -0.378 e. The number of hydrogen-bond acceptors (Lipinski definition) is 2. The summed E-state index contributed by atoms with van der Waals surface area (Å²) in [5, 5.41) is 0. The predicted octanol–water partition coefficient (Wildman–Crippen LogP) is 3.10. The fraction of sp³-hybridized carbons (Fsp3) is 0.923. The highest BCUT2D eigenvalue weighted by molar-refractivity contribution is 5.59. The van der Waals surface area contributed by atoms with Crippen LogP contribution in [0, 0.1) is 5.41 Å². The van der Waals surface area contributed by atoms with Crippen LogP contribution in [0.25, 0.3) is 0 Å². The molecule has 0 radical (unpaired) electrons. The largest absolute Gasteiger partial charge is 0.378 e.